The molecule has 0 bridgehead atoms. The lowest BCUT2D eigenvalue weighted by Crippen LogP contribution is -2.43. The van der Waals surface area contributed by atoms with Crippen molar-refractivity contribution in [3.05, 3.63) is 64.7 Å². The lowest BCUT2D eigenvalue weighted by molar-refractivity contribution is 0.00470. The standard InChI is InChI=1S/C23H27ClN2O3/c1-22(2,3)29-21(28)26-14-23(13-25-18-7-5-4-6-17(18)23)12-19(26)20(27)15-8-10-16(24)11-9-15/h4-11,19-20,25,27H,12-14H2,1-3H3/t19?,20-,23?/m1/s1. The van der Waals surface area contributed by atoms with Gasteiger partial charge in [0.05, 0.1) is 12.1 Å². The number of benzene rings is 2. The molecule has 0 radical (unpaired) electrons. The van der Waals surface area contributed by atoms with Gasteiger partial charge in [0.25, 0.3) is 0 Å². The number of fused-ring (bicyclic) bond motifs is 2. The number of amides is 1. The summed E-state index contributed by atoms with van der Waals surface area (Å²) in [5, 5.41) is 15.3. The minimum Gasteiger partial charge on any atom is -0.444 e. The molecule has 0 aliphatic carbocycles. The summed E-state index contributed by atoms with van der Waals surface area (Å²) in [5.74, 6) is 0. The van der Waals surface area contributed by atoms with Crippen LogP contribution >= 0.6 is 11.6 Å². The third-order valence-electron chi connectivity index (χ3n) is 5.79. The van der Waals surface area contributed by atoms with E-state index in [9.17, 15) is 9.90 Å². The fraction of sp³-hybridized carbons (Fsp3) is 0.435. The first kappa shape index (κ1) is 20.0. The van der Waals surface area contributed by atoms with E-state index in [1.165, 1.54) is 5.56 Å². The number of halogens is 1. The highest BCUT2D eigenvalue weighted by molar-refractivity contribution is 6.30. The van der Waals surface area contributed by atoms with E-state index in [-0.39, 0.29) is 11.5 Å². The Morgan fingerprint density at radius 1 is 1.24 bits per heavy atom. The Morgan fingerprint density at radius 2 is 1.93 bits per heavy atom. The highest BCUT2D eigenvalue weighted by atomic mass is 35.5. The summed E-state index contributed by atoms with van der Waals surface area (Å²) in [7, 11) is 0. The highest BCUT2D eigenvalue weighted by Gasteiger charge is 2.53. The van der Waals surface area contributed by atoms with E-state index in [1.807, 2.05) is 45.0 Å². The first-order valence-electron chi connectivity index (χ1n) is 9.95. The Labute approximate surface area is 176 Å². The molecular weight excluding hydrogens is 388 g/mol. The second-order valence-electron chi connectivity index (χ2n) is 9.06. The van der Waals surface area contributed by atoms with Gasteiger partial charge in [-0.3, -0.25) is 0 Å². The maximum Gasteiger partial charge on any atom is 0.410 e. The Balaban J connectivity index is 1.69. The topological polar surface area (TPSA) is 61.8 Å². The van der Waals surface area contributed by atoms with E-state index >= 15 is 0 Å². The number of nitrogens with zero attached hydrogens (tertiary/aromatic N) is 1. The van der Waals surface area contributed by atoms with E-state index in [2.05, 4.69) is 17.4 Å². The first-order chi connectivity index (χ1) is 13.7. The van der Waals surface area contributed by atoms with Crippen LogP contribution in [0.25, 0.3) is 0 Å². The predicted octanol–water partition coefficient (Wildman–Crippen LogP) is 4.75. The molecule has 5 nitrogen and oxygen atoms in total. The molecule has 1 spiro atoms. The fourth-order valence-electron chi connectivity index (χ4n) is 4.49. The quantitative estimate of drug-likeness (QED) is 0.744. The van der Waals surface area contributed by atoms with Gasteiger partial charge in [0, 0.05) is 29.2 Å². The van der Waals surface area contributed by atoms with Crippen LogP contribution in [0, 0.1) is 0 Å². The molecule has 3 atom stereocenters. The lowest BCUT2D eigenvalue weighted by atomic mass is 9.79. The SMILES string of the molecule is CC(C)(C)OC(=O)N1CC2(CNc3ccccc32)CC1[C@H](O)c1ccc(Cl)cc1. The molecule has 4 rings (SSSR count). The summed E-state index contributed by atoms with van der Waals surface area (Å²) >= 11 is 6.01. The van der Waals surface area contributed by atoms with Crippen LogP contribution in [0.4, 0.5) is 10.5 Å². The van der Waals surface area contributed by atoms with Gasteiger partial charge in [0.15, 0.2) is 0 Å². The van der Waals surface area contributed by atoms with Crippen LogP contribution < -0.4 is 5.32 Å². The monoisotopic (exact) mass is 414 g/mol. The molecule has 0 saturated carbocycles. The van der Waals surface area contributed by atoms with Crippen molar-refractivity contribution in [3.8, 4) is 0 Å². The fourth-order valence-corrected chi connectivity index (χ4v) is 4.61. The van der Waals surface area contributed by atoms with Crippen molar-refractivity contribution in [1.29, 1.82) is 0 Å². The average Bonchev–Trinajstić information content (AvgIpc) is 3.23. The summed E-state index contributed by atoms with van der Waals surface area (Å²) in [4.78, 5) is 14.8. The average molecular weight is 415 g/mol. The molecule has 2 N–H and O–H groups in total. The van der Waals surface area contributed by atoms with Gasteiger partial charge < -0.3 is 20.1 Å². The molecule has 0 aromatic heterocycles. The summed E-state index contributed by atoms with van der Waals surface area (Å²) in [6.45, 7) is 6.80. The lowest BCUT2D eigenvalue weighted by Gasteiger charge is -2.31. The molecule has 2 unspecified atom stereocenters. The number of hydrogen-bond acceptors (Lipinski definition) is 4. The van der Waals surface area contributed by atoms with E-state index in [4.69, 9.17) is 16.3 Å². The van der Waals surface area contributed by atoms with Gasteiger partial charge in [0.1, 0.15) is 5.60 Å². The third kappa shape index (κ3) is 3.81. The zero-order valence-corrected chi connectivity index (χ0v) is 17.7. The number of hydrogen-bond donors (Lipinski definition) is 2. The number of para-hydroxylation sites is 1. The number of anilines is 1. The van der Waals surface area contributed by atoms with Crippen LogP contribution in [0.3, 0.4) is 0 Å². The normalized spacial score (nSPS) is 24.3. The molecule has 2 heterocycles. The molecule has 2 aromatic rings. The molecule has 1 amide bonds. The van der Waals surface area contributed by atoms with Gasteiger partial charge in [-0.25, -0.2) is 4.79 Å². The Kier molecular flexibility index (Phi) is 4.99. The molecule has 6 heteroatoms. The second kappa shape index (κ2) is 7.22. The third-order valence-corrected chi connectivity index (χ3v) is 6.04. The smallest absolute Gasteiger partial charge is 0.410 e. The number of aliphatic hydroxyl groups is 1. The van der Waals surface area contributed by atoms with Crippen LogP contribution in [-0.2, 0) is 10.2 Å². The van der Waals surface area contributed by atoms with Crippen LogP contribution in [0.2, 0.25) is 5.02 Å². The second-order valence-corrected chi connectivity index (χ2v) is 9.49. The van der Waals surface area contributed by atoms with Crippen molar-refractivity contribution in [2.24, 2.45) is 0 Å². The van der Waals surface area contributed by atoms with Crippen molar-refractivity contribution < 1.29 is 14.6 Å². The van der Waals surface area contributed by atoms with Crippen LogP contribution in [0.1, 0.15) is 44.4 Å². The summed E-state index contributed by atoms with van der Waals surface area (Å²) in [5.41, 5.74) is 2.18. The van der Waals surface area contributed by atoms with Gasteiger partial charge in [-0.1, -0.05) is 41.9 Å². The predicted molar refractivity (Wildman–Crippen MR) is 114 cm³/mol. The van der Waals surface area contributed by atoms with Crippen molar-refractivity contribution in [1.82, 2.24) is 4.90 Å². The summed E-state index contributed by atoms with van der Waals surface area (Å²) in [6, 6.07) is 15.0. The Hall–Kier alpha value is -2.24. The maximum atomic E-state index is 13.1. The maximum absolute atomic E-state index is 13.1. The minimum absolute atomic E-state index is 0.244. The van der Waals surface area contributed by atoms with Gasteiger partial charge in [-0.05, 0) is 56.5 Å². The number of carbonyl (C=O) groups excluding carboxylic acids is 1. The highest BCUT2D eigenvalue weighted by Crippen LogP contribution is 2.48. The Bertz CT molecular complexity index is 909. The number of likely N-dealkylation sites (tertiary alicyclic amines) is 1. The zero-order valence-electron chi connectivity index (χ0n) is 17.0. The number of ether oxygens (including phenoxy) is 1. The van der Waals surface area contributed by atoms with Gasteiger partial charge in [-0.15, -0.1) is 0 Å². The summed E-state index contributed by atoms with van der Waals surface area (Å²) in [6.07, 6.45) is -0.566. The minimum atomic E-state index is -0.827. The molecule has 1 saturated heterocycles. The molecule has 2 aromatic carbocycles. The summed E-state index contributed by atoms with van der Waals surface area (Å²) < 4.78 is 5.68. The number of aliphatic hydroxyl groups excluding tert-OH is 1. The van der Waals surface area contributed by atoms with Crippen molar-refractivity contribution >= 4 is 23.4 Å². The van der Waals surface area contributed by atoms with Crippen molar-refractivity contribution in [2.75, 3.05) is 18.4 Å². The van der Waals surface area contributed by atoms with Crippen LogP contribution in [-0.4, -0.2) is 40.8 Å². The van der Waals surface area contributed by atoms with Crippen LogP contribution in [0.15, 0.2) is 48.5 Å². The zero-order chi connectivity index (χ0) is 20.8. The molecule has 2 aliphatic heterocycles. The first-order valence-corrected chi connectivity index (χ1v) is 10.3. The molecule has 2 aliphatic rings. The van der Waals surface area contributed by atoms with E-state index in [0.717, 1.165) is 17.8 Å². The number of carbonyl (C=O) groups is 1. The van der Waals surface area contributed by atoms with E-state index < -0.39 is 17.8 Å². The Morgan fingerprint density at radius 3 is 2.62 bits per heavy atom. The molecule has 154 valence electrons. The van der Waals surface area contributed by atoms with E-state index in [1.54, 1.807) is 17.0 Å². The van der Waals surface area contributed by atoms with Gasteiger partial charge in [0.2, 0.25) is 0 Å². The van der Waals surface area contributed by atoms with Gasteiger partial charge in [-0.2, -0.15) is 0 Å². The van der Waals surface area contributed by atoms with Crippen LogP contribution in [0.5, 0.6) is 0 Å². The molecule has 29 heavy (non-hydrogen) atoms. The largest absolute Gasteiger partial charge is 0.444 e. The number of nitrogens with one attached hydrogen (secondary N) is 1. The van der Waals surface area contributed by atoms with Crippen molar-refractivity contribution in [3.63, 3.8) is 0 Å². The molecule has 1 fully saturated rings. The van der Waals surface area contributed by atoms with Gasteiger partial charge >= 0.3 is 6.09 Å². The van der Waals surface area contributed by atoms with Crippen molar-refractivity contribution in [2.45, 2.75) is 50.4 Å². The van der Waals surface area contributed by atoms with E-state index in [0.29, 0.717) is 18.0 Å². The number of rotatable bonds is 2. The molecular formula is C23H27ClN2O3.